The summed E-state index contributed by atoms with van der Waals surface area (Å²) in [4.78, 5) is 1.27. The van der Waals surface area contributed by atoms with Crippen LogP contribution in [0.4, 0.5) is 0 Å². The van der Waals surface area contributed by atoms with Gasteiger partial charge in [-0.2, -0.15) is 0 Å². The highest BCUT2D eigenvalue weighted by Gasteiger charge is 2.48. The molecule has 1 saturated heterocycles. The molecule has 1 aromatic heterocycles. The Hall–Kier alpha value is -0.900. The summed E-state index contributed by atoms with van der Waals surface area (Å²) in [6.07, 6.45) is 1.01. The average molecular weight is 289 g/mol. The van der Waals surface area contributed by atoms with Crippen molar-refractivity contribution in [3.05, 3.63) is 35.2 Å². The van der Waals surface area contributed by atoms with Crippen LogP contribution in [0.5, 0.6) is 0 Å². The van der Waals surface area contributed by atoms with Crippen molar-refractivity contribution in [2.75, 3.05) is 0 Å². The van der Waals surface area contributed by atoms with Crippen molar-refractivity contribution in [1.29, 1.82) is 0 Å². The largest absolute Gasteiger partial charge is 0.369 e. The summed E-state index contributed by atoms with van der Waals surface area (Å²) in [7, 11) is 0. The number of ether oxygens (including phenoxy) is 1. The lowest BCUT2D eigenvalue weighted by Crippen LogP contribution is -2.35. The van der Waals surface area contributed by atoms with E-state index < -0.39 is 0 Å². The summed E-state index contributed by atoms with van der Waals surface area (Å²) in [5, 5.41) is 1.29. The van der Waals surface area contributed by atoms with Crippen molar-refractivity contribution in [3.8, 4) is 0 Å². The summed E-state index contributed by atoms with van der Waals surface area (Å²) < 4.78 is 7.50. The molecule has 3 heteroatoms. The lowest BCUT2D eigenvalue weighted by atomic mass is 9.81. The van der Waals surface area contributed by atoms with Crippen LogP contribution in [0.15, 0.2) is 30.3 Å². The fourth-order valence-corrected chi connectivity index (χ4v) is 4.66. The van der Waals surface area contributed by atoms with Crippen LogP contribution in [0.2, 0.25) is 0 Å². The number of nitrogens with two attached hydrogens (primary N) is 1. The van der Waals surface area contributed by atoms with Gasteiger partial charge >= 0.3 is 0 Å². The van der Waals surface area contributed by atoms with Crippen LogP contribution in [-0.2, 0) is 4.74 Å². The smallest absolute Gasteiger partial charge is 0.0681 e. The minimum atomic E-state index is -0.168. The lowest BCUT2D eigenvalue weighted by molar-refractivity contribution is -0.0766. The topological polar surface area (TPSA) is 35.2 Å². The van der Waals surface area contributed by atoms with Gasteiger partial charge < -0.3 is 10.5 Å². The van der Waals surface area contributed by atoms with Gasteiger partial charge in [0, 0.05) is 21.5 Å². The third-order valence-electron chi connectivity index (χ3n) is 4.35. The van der Waals surface area contributed by atoms with Crippen molar-refractivity contribution >= 4 is 21.4 Å². The zero-order chi connectivity index (χ0) is 14.5. The molecule has 1 aliphatic heterocycles. The van der Waals surface area contributed by atoms with Gasteiger partial charge in [-0.3, -0.25) is 0 Å². The summed E-state index contributed by atoms with van der Waals surface area (Å²) in [6, 6.07) is 10.8. The Morgan fingerprint density at radius 1 is 1.25 bits per heavy atom. The molecule has 2 aromatic rings. The molecule has 2 heterocycles. The molecule has 0 amide bonds. The zero-order valence-corrected chi connectivity index (χ0v) is 13.5. The molecule has 1 aromatic carbocycles. The van der Waals surface area contributed by atoms with E-state index in [0.717, 1.165) is 6.42 Å². The van der Waals surface area contributed by atoms with Gasteiger partial charge in [0.05, 0.1) is 11.2 Å². The Kier molecular flexibility index (Phi) is 3.20. The normalized spacial score (nSPS) is 25.9. The van der Waals surface area contributed by atoms with Crippen molar-refractivity contribution in [3.63, 3.8) is 0 Å². The van der Waals surface area contributed by atoms with Crippen LogP contribution in [-0.4, -0.2) is 11.2 Å². The summed E-state index contributed by atoms with van der Waals surface area (Å²) in [6.45, 7) is 8.65. The molecule has 3 rings (SSSR count). The van der Waals surface area contributed by atoms with Gasteiger partial charge in [-0.15, -0.1) is 11.3 Å². The second-order valence-corrected chi connectivity index (χ2v) is 8.10. The number of hydrogen-bond donors (Lipinski definition) is 1. The van der Waals surface area contributed by atoms with Crippen LogP contribution < -0.4 is 5.73 Å². The fourth-order valence-electron chi connectivity index (χ4n) is 3.53. The molecule has 20 heavy (non-hydrogen) atoms. The molecule has 2 nitrogen and oxygen atoms in total. The van der Waals surface area contributed by atoms with Gasteiger partial charge in [0.25, 0.3) is 0 Å². The molecule has 0 spiro atoms. The Balaban J connectivity index is 1.94. The fraction of sp³-hybridized carbons (Fsp3) is 0.529. The van der Waals surface area contributed by atoms with E-state index in [9.17, 15) is 0 Å². The molecule has 0 radical (unpaired) electrons. The molecule has 2 atom stereocenters. The molecule has 2 N–H and O–H groups in total. The first-order valence-electron chi connectivity index (χ1n) is 7.23. The molecule has 1 aliphatic rings. The van der Waals surface area contributed by atoms with Crippen LogP contribution in [0, 0.1) is 5.92 Å². The lowest BCUT2D eigenvalue weighted by Gasteiger charge is -2.30. The Morgan fingerprint density at radius 2 is 1.95 bits per heavy atom. The van der Waals surface area contributed by atoms with Crippen molar-refractivity contribution in [2.45, 2.75) is 51.4 Å². The zero-order valence-electron chi connectivity index (χ0n) is 12.6. The van der Waals surface area contributed by atoms with E-state index in [2.05, 4.69) is 58.0 Å². The number of rotatable bonds is 2. The SMILES string of the molecule is CC1(C)CC(C(N)c2cc3ccccc3s2)C(C)(C)O1. The first-order chi connectivity index (χ1) is 9.28. The first kappa shape index (κ1) is 14.1. The highest BCUT2D eigenvalue weighted by molar-refractivity contribution is 7.19. The van der Waals surface area contributed by atoms with E-state index in [1.54, 1.807) is 0 Å². The monoisotopic (exact) mass is 289 g/mol. The van der Waals surface area contributed by atoms with Crippen molar-refractivity contribution in [1.82, 2.24) is 0 Å². The maximum atomic E-state index is 6.59. The highest BCUT2D eigenvalue weighted by atomic mass is 32.1. The Bertz CT molecular complexity index is 596. The van der Waals surface area contributed by atoms with E-state index in [1.165, 1.54) is 15.0 Å². The maximum absolute atomic E-state index is 6.59. The Morgan fingerprint density at radius 3 is 2.55 bits per heavy atom. The van der Waals surface area contributed by atoms with Gasteiger partial charge in [-0.05, 0) is 51.6 Å². The highest BCUT2D eigenvalue weighted by Crippen LogP contribution is 2.48. The number of fused-ring (bicyclic) bond motifs is 1. The molecular formula is C17H23NOS. The summed E-state index contributed by atoms with van der Waals surface area (Å²) >= 11 is 1.81. The van der Waals surface area contributed by atoms with Crippen LogP contribution in [0.25, 0.3) is 10.1 Å². The molecule has 2 unspecified atom stereocenters. The van der Waals surface area contributed by atoms with Crippen molar-refractivity contribution < 1.29 is 4.74 Å². The molecule has 108 valence electrons. The first-order valence-corrected chi connectivity index (χ1v) is 8.04. The van der Waals surface area contributed by atoms with Crippen LogP contribution in [0.1, 0.15) is 45.0 Å². The van der Waals surface area contributed by atoms with Gasteiger partial charge in [-0.1, -0.05) is 18.2 Å². The predicted octanol–water partition coefficient (Wildman–Crippen LogP) is 4.49. The number of hydrogen-bond acceptors (Lipinski definition) is 3. The van der Waals surface area contributed by atoms with E-state index in [0.29, 0.717) is 5.92 Å². The minimum absolute atomic E-state index is 0.0455. The molecule has 0 bridgehead atoms. The minimum Gasteiger partial charge on any atom is -0.369 e. The third kappa shape index (κ3) is 2.39. The quantitative estimate of drug-likeness (QED) is 0.883. The number of benzene rings is 1. The van der Waals surface area contributed by atoms with E-state index in [-0.39, 0.29) is 17.2 Å². The van der Waals surface area contributed by atoms with Gasteiger partial charge in [-0.25, -0.2) is 0 Å². The molecule has 1 fully saturated rings. The number of thiophene rings is 1. The van der Waals surface area contributed by atoms with E-state index >= 15 is 0 Å². The summed E-state index contributed by atoms with van der Waals surface area (Å²) in [5.74, 6) is 0.352. The standard InChI is InChI=1S/C17H23NOS/c1-16(2)10-12(17(3,4)19-16)15(18)14-9-11-7-5-6-8-13(11)20-14/h5-9,12,15H,10,18H2,1-4H3. The predicted molar refractivity (Wildman–Crippen MR) is 86.1 cm³/mol. The third-order valence-corrected chi connectivity index (χ3v) is 5.57. The van der Waals surface area contributed by atoms with Crippen LogP contribution in [0.3, 0.4) is 0 Å². The summed E-state index contributed by atoms with van der Waals surface area (Å²) in [5.41, 5.74) is 6.34. The Labute approximate surface area is 124 Å². The van der Waals surface area contributed by atoms with Gasteiger partial charge in [0.15, 0.2) is 0 Å². The van der Waals surface area contributed by atoms with Crippen LogP contribution >= 0.6 is 11.3 Å². The van der Waals surface area contributed by atoms with E-state index in [1.807, 2.05) is 11.3 Å². The van der Waals surface area contributed by atoms with Gasteiger partial charge in [0.1, 0.15) is 0 Å². The molecule has 0 saturated carbocycles. The second-order valence-electron chi connectivity index (χ2n) is 6.99. The van der Waals surface area contributed by atoms with Gasteiger partial charge in [0.2, 0.25) is 0 Å². The van der Waals surface area contributed by atoms with E-state index in [4.69, 9.17) is 10.5 Å². The van der Waals surface area contributed by atoms with Crippen molar-refractivity contribution in [2.24, 2.45) is 11.7 Å². The molecule has 0 aliphatic carbocycles. The average Bonchev–Trinajstić information content (AvgIpc) is 2.85. The maximum Gasteiger partial charge on any atom is 0.0681 e. The molecular weight excluding hydrogens is 266 g/mol. The second kappa shape index (κ2) is 4.55.